The quantitative estimate of drug-likeness (QED) is 0.603. The highest BCUT2D eigenvalue weighted by molar-refractivity contribution is 6.44. The summed E-state index contributed by atoms with van der Waals surface area (Å²) in [7, 11) is 0. The van der Waals surface area contributed by atoms with E-state index in [1.54, 1.807) is 13.8 Å². The number of rotatable bonds is 5. The van der Waals surface area contributed by atoms with Crippen LogP contribution in [0.1, 0.15) is 45.1 Å². The van der Waals surface area contributed by atoms with Crippen LogP contribution in [-0.4, -0.2) is 43.8 Å². The van der Waals surface area contributed by atoms with Crippen molar-refractivity contribution in [3.05, 3.63) is 35.7 Å². The van der Waals surface area contributed by atoms with Crippen LogP contribution in [0, 0.1) is 0 Å². The molecule has 1 aliphatic heterocycles. The molecule has 4 amide bonds. The summed E-state index contributed by atoms with van der Waals surface area (Å²) in [5.74, 6) is -0.855. The minimum atomic E-state index is -0.885. The van der Waals surface area contributed by atoms with E-state index >= 15 is 0 Å². The first-order valence-electron chi connectivity index (χ1n) is 8.41. The molecule has 26 heavy (non-hydrogen) atoms. The molecule has 0 aliphatic carbocycles. The summed E-state index contributed by atoms with van der Waals surface area (Å²) in [6.07, 6.45) is 0. The average molecular weight is 356 g/mol. The number of carbonyl (C=O) groups is 3. The van der Waals surface area contributed by atoms with Crippen molar-refractivity contribution in [2.24, 2.45) is 0 Å². The van der Waals surface area contributed by atoms with Gasteiger partial charge in [-0.25, -0.2) is 9.69 Å². The van der Waals surface area contributed by atoms with Gasteiger partial charge in [0.05, 0.1) is 0 Å². The van der Waals surface area contributed by atoms with Gasteiger partial charge < -0.3 is 4.52 Å². The third-order valence-corrected chi connectivity index (χ3v) is 4.20. The number of carbonyl (C=O) groups excluding carboxylic acids is 3. The van der Waals surface area contributed by atoms with Crippen LogP contribution in [0.2, 0.25) is 0 Å². The van der Waals surface area contributed by atoms with Crippen molar-refractivity contribution in [2.75, 3.05) is 0 Å². The van der Waals surface area contributed by atoms with Gasteiger partial charge in [-0.2, -0.15) is 4.98 Å². The molecule has 1 fully saturated rings. The first-order chi connectivity index (χ1) is 12.3. The molecule has 1 aliphatic rings. The zero-order valence-electron chi connectivity index (χ0n) is 15.1. The van der Waals surface area contributed by atoms with E-state index in [1.807, 2.05) is 24.3 Å². The Balaban J connectivity index is 1.77. The highest BCUT2D eigenvalue weighted by atomic mass is 16.5. The Bertz CT molecular complexity index is 854. The molecule has 0 radical (unpaired) electrons. The Labute approximate surface area is 150 Å². The van der Waals surface area contributed by atoms with Gasteiger partial charge in [-0.05, 0) is 25.3 Å². The van der Waals surface area contributed by atoms with Crippen LogP contribution in [0.4, 0.5) is 4.79 Å². The molecule has 8 heteroatoms. The summed E-state index contributed by atoms with van der Waals surface area (Å²) in [4.78, 5) is 42.2. The summed E-state index contributed by atoms with van der Waals surface area (Å²) >= 11 is 0. The van der Waals surface area contributed by atoms with Gasteiger partial charge in [0.2, 0.25) is 11.7 Å². The predicted octanol–water partition coefficient (Wildman–Crippen LogP) is 2.56. The zero-order valence-corrected chi connectivity index (χ0v) is 15.1. The van der Waals surface area contributed by atoms with Gasteiger partial charge in [0, 0.05) is 11.6 Å². The fraction of sp³-hybridized carbons (Fsp3) is 0.389. The number of urea groups is 1. The number of nitrogens with zero attached hydrogens (tertiary/aromatic N) is 4. The van der Waals surface area contributed by atoms with Crippen LogP contribution in [0.25, 0.3) is 11.4 Å². The van der Waals surface area contributed by atoms with Crippen molar-refractivity contribution in [3.8, 4) is 11.4 Å². The summed E-state index contributed by atoms with van der Waals surface area (Å²) in [5.41, 5.74) is 1.96. The highest BCUT2D eigenvalue weighted by Crippen LogP contribution is 2.22. The van der Waals surface area contributed by atoms with Gasteiger partial charge >= 0.3 is 17.8 Å². The molecule has 0 unspecified atom stereocenters. The molecular formula is C18H20N4O4. The molecule has 0 N–H and O–H groups in total. The van der Waals surface area contributed by atoms with Crippen molar-refractivity contribution >= 4 is 17.8 Å². The van der Waals surface area contributed by atoms with Crippen molar-refractivity contribution in [1.82, 2.24) is 19.9 Å². The molecule has 1 saturated heterocycles. The standard InChI is InChI=1S/C18H20N4O4/c1-10(2)12-5-7-13(8-6-12)15-19-14(26-20-15)9-21-16(23)17(24)22(11(3)4)18(21)25/h5-8,10-11H,9H2,1-4H3. The van der Waals surface area contributed by atoms with Crippen molar-refractivity contribution in [3.63, 3.8) is 0 Å². The van der Waals surface area contributed by atoms with Gasteiger partial charge in [-0.1, -0.05) is 43.3 Å². The van der Waals surface area contributed by atoms with E-state index in [9.17, 15) is 14.4 Å². The molecule has 0 saturated carbocycles. The summed E-state index contributed by atoms with van der Waals surface area (Å²) in [6, 6.07) is 6.68. The molecule has 1 aromatic heterocycles. The molecule has 136 valence electrons. The minimum absolute atomic E-state index is 0.0908. The van der Waals surface area contributed by atoms with Gasteiger partial charge in [-0.15, -0.1) is 0 Å². The smallest absolute Gasteiger partial charge is 0.334 e. The van der Waals surface area contributed by atoms with Crippen LogP contribution >= 0.6 is 0 Å². The molecule has 0 spiro atoms. The van der Waals surface area contributed by atoms with Crippen LogP contribution < -0.4 is 0 Å². The van der Waals surface area contributed by atoms with Crippen LogP contribution in [0.3, 0.4) is 0 Å². The maximum atomic E-state index is 12.3. The molecule has 8 nitrogen and oxygen atoms in total. The molecular weight excluding hydrogens is 336 g/mol. The third kappa shape index (κ3) is 3.10. The van der Waals surface area contributed by atoms with E-state index in [1.165, 1.54) is 5.56 Å². The minimum Gasteiger partial charge on any atom is -0.337 e. The zero-order chi connectivity index (χ0) is 19.0. The van der Waals surface area contributed by atoms with Crippen molar-refractivity contribution < 1.29 is 18.9 Å². The lowest BCUT2D eigenvalue weighted by molar-refractivity contribution is -0.144. The third-order valence-electron chi connectivity index (χ3n) is 4.20. The van der Waals surface area contributed by atoms with Gasteiger partial charge in [-0.3, -0.25) is 14.5 Å². The van der Waals surface area contributed by atoms with E-state index in [0.717, 1.165) is 15.4 Å². The Morgan fingerprint density at radius 2 is 1.65 bits per heavy atom. The lowest BCUT2D eigenvalue weighted by Gasteiger charge is -2.17. The van der Waals surface area contributed by atoms with Crippen molar-refractivity contribution in [1.29, 1.82) is 0 Å². The molecule has 0 bridgehead atoms. The normalized spacial score (nSPS) is 15.1. The lowest BCUT2D eigenvalue weighted by Crippen LogP contribution is -2.37. The number of hydrogen-bond acceptors (Lipinski definition) is 6. The fourth-order valence-electron chi connectivity index (χ4n) is 2.71. The van der Waals surface area contributed by atoms with Crippen LogP contribution in [-0.2, 0) is 16.1 Å². The monoisotopic (exact) mass is 356 g/mol. The Morgan fingerprint density at radius 1 is 1.00 bits per heavy atom. The maximum absolute atomic E-state index is 12.3. The number of amides is 4. The first-order valence-corrected chi connectivity index (χ1v) is 8.41. The Hall–Kier alpha value is -3.03. The highest BCUT2D eigenvalue weighted by Gasteiger charge is 2.46. The van der Waals surface area contributed by atoms with E-state index in [-0.39, 0.29) is 12.4 Å². The Morgan fingerprint density at radius 3 is 2.19 bits per heavy atom. The lowest BCUT2D eigenvalue weighted by atomic mass is 10.0. The second-order valence-electron chi connectivity index (χ2n) is 6.73. The second kappa shape index (κ2) is 6.70. The van der Waals surface area contributed by atoms with E-state index in [2.05, 4.69) is 24.0 Å². The number of benzene rings is 1. The largest absolute Gasteiger partial charge is 0.337 e. The number of aromatic nitrogens is 2. The van der Waals surface area contributed by atoms with Crippen LogP contribution in [0.5, 0.6) is 0 Å². The maximum Gasteiger partial charge on any atom is 0.334 e. The average Bonchev–Trinajstić information content (AvgIpc) is 3.14. The molecule has 2 heterocycles. The predicted molar refractivity (Wildman–Crippen MR) is 91.8 cm³/mol. The molecule has 2 aromatic rings. The van der Waals surface area contributed by atoms with Crippen molar-refractivity contribution in [2.45, 2.75) is 46.2 Å². The number of imide groups is 2. The van der Waals surface area contributed by atoms with E-state index in [4.69, 9.17) is 4.52 Å². The van der Waals surface area contributed by atoms with Crippen LogP contribution in [0.15, 0.2) is 28.8 Å². The fourth-order valence-corrected chi connectivity index (χ4v) is 2.71. The summed E-state index contributed by atoms with van der Waals surface area (Å²) in [5, 5.41) is 3.89. The van der Waals surface area contributed by atoms with Gasteiger partial charge in [0.15, 0.2) is 0 Å². The van der Waals surface area contributed by atoms with Gasteiger partial charge in [0.25, 0.3) is 0 Å². The molecule has 0 atom stereocenters. The Kier molecular flexibility index (Phi) is 4.58. The van der Waals surface area contributed by atoms with Gasteiger partial charge in [0.1, 0.15) is 6.54 Å². The van der Waals surface area contributed by atoms with E-state index in [0.29, 0.717) is 11.7 Å². The summed E-state index contributed by atoms with van der Waals surface area (Å²) < 4.78 is 5.15. The molecule has 1 aromatic carbocycles. The molecule has 3 rings (SSSR count). The first kappa shape index (κ1) is 17.8. The summed E-state index contributed by atoms with van der Waals surface area (Å²) in [6.45, 7) is 7.31. The topological polar surface area (TPSA) is 96.6 Å². The number of hydrogen-bond donors (Lipinski definition) is 0. The van der Waals surface area contributed by atoms with E-state index < -0.39 is 23.9 Å². The SMILES string of the molecule is CC(C)c1ccc(-c2noc(CN3C(=O)C(=O)N(C(C)C)C3=O)n2)cc1. The second-order valence-corrected chi connectivity index (χ2v) is 6.73.